The molecule has 1 aliphatic rings. The van der Waals surface area contributed by atoms with E-state index in [9.17, 15) is 0 Å². The highest BCUT2D eigenvalue weighted by Gasteiger charge is 2.19. The Morgan fingerprint density at radius 3 is 2.53 bits per heavy atom. The van der Waals surface area contributed by atoms with E-state index in [1.807, 2.05) is 6.92 Å². The predicted molar refractivity (Wildman–Crippen MR) is 69.4 cm³/mol. The van der Waals surface area contributed by atoms with Crippen molar-refractivity contribution in [2.75, 3.05) is 23.7 Å². The van der Waals surface area contributed by atoms with Gasteiger partial charge in [0.25, 0.3) is 0 Å². The summed E-state index contributed by atoms with van der Waals surface area (Å²) in [7, 11) is 0. The zero-order valence-electron chi connectivity index (χ0n) is 10.0. The molecule has 0 aromatic carbocycles. The Balaban J connectivity index is 1.80. The Bertz CT molecular complexity index is 367. The molecular formula is C11H18ClN5. The molecule has 0 bridgehead atoms. The first-order valence-corrected chi connectivity index (χ1v) is 6.55. The minimum absolute atomic E-state index is 0.223. The number of nitrogens with one attached hydrogen (secondary N) is 2. The van der Waals surface area contributed by atoms with Gasteiger partial charge in [-0.3, -0.25) is 0 Å². The van der Waals surface area contributed by atoms with E-state index in [-0.39, 0.29) is 5.28 Å². The average Bonchev–Trinajstić information content (AvgIpc) is 3.08. The zero-order valence-corrected chi connectivity index (χ0v) is 10.8. The van der Waals surface area contributed by atoms with E-state index < -0.39 is 0 Å². The number of aromatic nitrogens is 3. The molecule has 0 saturated heterocycles. The van der Waals surface area contributed by atoms with Crippen LogP contribution in [0.4, 0.5) is 11.9 Å². The van der Waals surface area contributed by atoms with Gasteiger partial charge < -0.3 is 10.6 Å². The molecule has 0 unspecified atom stereocenters. The van der Waals surface area contributed by atoms with Gasteiger partial charge >= 0.3 is 0 Å². The molecule has 5 nitrogen and oxygen atoms in total. The predicted octanol–water partition coefficient (Wildman–Crippen LogP) is 2.56. The van der Waals surface area contributed by atoms with E-state index in [4.69, 9.17) is 11.6 Å². The maximum atomic E-state index is 5.82. The number of hydrogen-bond acceptors (Lipinski definition) is 5. The first-order chi connectivity index (χ1) is 8.28. The largest absolute Gasteiger partial charge is 0.354 e. The second-order valence-electron chi connectivity index (χ2n) is 4.29. The van der Waals surface area contributed by atoms with Gasteiger partial charge in [0.1, 0.15) is 0 Å². The van der Waals surface area contributed by atoms with Crippen molar-refractivity contribution in [1.29, 1.82) is 0 Å². The molecular weight excluding hydrogens is 238 g/mol. The molecule has 1 heterocycles. The van der Waals surface area contributed by atoms with Crippen molar-refractivity contribution in [3.8, 4) is 0 Å². The van der Waals surface area contributed by atoms with Gasteiger partial charge in [-0.15, -0.1) is 0 Å². The molecule has 0 aliphatic heterocycles. The fourth-order valence-corrected chi connectivity index (χ4v) is 1.82. The van der Waals surface area contributed by atoms with Crippen molar-refractivity contribution in [3.63, 3.8) is 0 Å². The van der Waals surface area contributed by atoms with E-state index in [0.717, 1.165) is 25.4 Å². The minimum atomic E-state index is 0.223. The SMILES string of the molecule is CCNc1nc(Cl)nc(NCCCC2CC2)n1. The van der Waals surface area contributed by atoms with Gasteiger partial charge in [0, 0.05) is 13.1 Å². The molecule has 1 aliphatic carbocycles. The van der Waals surface area contributed by atoms with Gasteiger partial charge in [0.2, 0.25) is 17.2 Å². The lowest BCUT2D eigenvalue weighted by atomic mass is 10.2. The normalized spacial score (nSPS) is 14.7. The van der Waals surface area contributed by atoms with E-state index >= 15 is 0 Å². The third kappa shape index (κ3) is 4.34. The molecule has 0 radical (unpaired) electrons. The third-order valence-electron chi connectivity index (χ3n) is 2.71. The van der Waals surface area contributed by atoms with Crippen LogP contribution in [0, 0.1) is 5.92 Å². The molecule has 17 heavy (non-hydrogen) atoms. The summed E-state index contributed by atoms with van der Waals surface area (Å²) in [5.41, 5.74) is 0. The summed E-state index contributed by atoms with van der Waals surface area (Å²) < 4.78 is 0. The highest BCUT2D eigenvalue weighted by atomic mass is 35.5. The molecule has 1 aromatic rings. The number of nitrogens with zero attached hydrogens (tertiary/aromatic N) is 3. The van der Waals surface area contributed by atoms with Crippen LogP contribution in [0.3, 0.4) is 0 Å². The summed E-state index contributed by atoms with van der Waals surface area (Å²) >= 11 is 5.82. The molecule has 0 amide bonds. The molecule has 1 saturated carbocycles. The van der Waals surface area contributed by atoms with Crippen LogP contribution < -0.4 is 10.6 Å². The molecule has 1 fully saturated rings. The summed E-state index contributed by atoms with van der Waals surface area (Å²) in [6.45, 7) is 3.64. The van der Waals surface area contributed by atoms with Crippen molar-refractivity contribution in [2.45, 2.75) is 32.6 Å². The Morgan fingerprint density at radius 1 is 1.18 bits per heavy atom. The van der Waals surface area contributed by atoms with Crippen molar-refractivity contribution in [1.82, 2.24) is 15.0 Å². The summed E-state index contributed by atoms with van der Waals surface area (Å²) in [5, 5.41) is 6.42. The maximum absolute atomic E-state index is 5.82. The van der Waals surface area contributed by atoms with E-state index in [1.165, 1.54) is 19.3 Å². The molecule has 0 spiro atoms. The summed E-state index contributed by atoms with van der Waals surface area (Å²) in [6.07, 6.45) is 5.26. The van der Waals surface area contributed by atoms with Gasteiger partial charge in [-0.1, -0.05) is 12.8 Å². The summed E-state index contributed by atoms with van der Waals surface area (Å²) in [6, 6.07) is 0. The Kier molecular flexibility index (Phi) is 4.36. The molecule has 94 valence electrons. The monoisotopic (exact) mass is 255 g/mol. The van der Waals surface area contributed by atoms with Gasteiger partial charge in [0.15, 0.2) is 0 Å². The van der Waals surface area contributed by atoms with Crippen molar-refractivity contribution in [3.05, 3.63) is 5.28 Å². The molecule has 2 N–H and O–H groups in total. The quantitative estimate of drug-likeness (QED) is 0.734. The van der Waals surface area contributed by atoms with Crippen LogP contribution in [-0.4, -0.2) is 28.0 Å². The lowest BCUT2D eigenvalue weighted by Gasteiger charge is -2.06. The Labute approximate surface area is 106 Å². The minimum Gasteiger partial charge on any atom is -0.354 e. The molecule has 2 rings (SSSR count). The van der Waals surface area contributed by atoms with Crippen LogP contribution in [0.2, 0.25) is 5.28 Å². The third-order valence-corrected chi connectivity index (χ3v) is 2.88. The van der Waals surface area contributed by atoms with Crippen molar-refractivity contribution in [2.24, 2.45) is 5.92 Å². The van der Waals surface area contributed by atoms with Gasteiger partial charge in [0.05, 0.1) is 0 Å². The molecule has 1 aromatic heterocycles. The Hall–Kier alpha value is -1.10. The van der Waals surface area contributed by atoms with Crippen LogP contribution in [0.25, 0.3) is 0 Å². The van der Waals surface area contributed by atoms with Gasteiger partial charge in [-0.2, -0.15) is 15.0 Å². The van der Waals surface area contributed by atoms with Crippen molar-refractivity contribution >= 4 is 23.5 Å². The number of rotatable bonds is 7. The van der Waals surface area contributed by atoms with Gasteiger partial charge in [-0.25, -0.2) is 0 Å². The van der Waals surface area contributed by atoms with Crippen LogP contribution >= 0.6 is 11.6 Å². The zero-order chi connectivity index (χ0) is 12.1. The summed E-state index contributed by atoms with van der Waals surface area (Å²) in [5.74, 6) is 2.05. The molecule has 0 atom stereocenters. The van der Waals surface area contributed by atoms with Crippen LogP contribution in [-0.2, 0) is 0 Å². The molecule has 6 heteroatoms. The lowest BCUT2D eigenvalue weighted by Crippen LogP contribution is -2.10. The fourth-order valence-electron chi connectivity index (χ4n) is 1.66. The number of anilines is 2. The smallest absolute Gasteiger partial charge is 0.228 e. The van der Waals surface area contributed by atoms with E-state index in [0.29, 0.717) is 11.9 Å². The summed E-state index contributed by atoms with van der Waals surface area (Å²) in [4.78, 5) is 12.2. The lowest BCUT2D eigenvalue weighted by molar-refractivity contribution is 0.685. The van der Waals surface area contributed by atoms with E-state index in [2.05, 4.69) is 25.6 Å². The maximum Gasteiger partial charge on any atom is 0.228 e. The number of hydrogen-bond donors (Lipinski definition) is 2. The Morgan fingerprint density at radius 2 is 1.88 bits per heavy atom. The second kappa shape index (κ2) is 6.00. The topological polar surface area (TPSA) is 62.7 Å². The van der Waals surface area contributed by atoms with Crippen LogP contribution in [0.5, 0.6) is 0 Å². The average molecular weight is 256 g/mol. The van der Waals surface area contributed by atoms with Crippen LogP contribution in [0.1, 0.15) is 32.6 Å². The number of halogens is 1. The van der Waals surface area contributed by atoms with Gasteiger partial charge in [-0.05, 0) is 37.3 Å². The first-order valence-electron chi connectivity index (χ1n) is 6.17. The second-order valence-corrected chi connectivity index (χ2v) is 4.63. The fraction of sp³-hybridized carbons (Fsp3) is 0.727. The van der Waals surface area contributed by atoms with E-state index in [1.54, 1.807) is 0 Å². The van der Waals surface area contributed by atoms with Crippen molar-refractivity contribution < 1.29 is 0 Å². The standard InChI is InChI=1S/C11H18ClN5/c1-2-13-10-15-9(12)16-11(17-10)14-7-3-4-8-5-6-8/h8H,2-7H2,1H3,(H2,13,14,15,16,17). The highest BCUT2D eigenvalue weighted by Crippen LogP contribution is 2.33. The first kappa shape index (κ1) is 12.4. The van der Waals surface area contributed by atoms with Crippen LogP contribution in [0.15, 0.2) is 0 Å². The highest BCUT2D eigenvalue weighted by molar-refractivity contribution is 6.28.